The molecule has 0 unspecified atom stereocenters. The number of benzene rings is 1. The maximum absolute atomic E-state index is 12.7. The Labute approximate surface area is 155 Å². The van der Waals surface area contributed by atoms with Crippen molar-refractivity contribution in [1.29, 1.82) is 0 Å². The van der Waals surface area contributed by atoms with E-state index in [0.717, 1.165) is 34.3 Å². The fourth-order valence-corrected chi connectivity index (χ4v) is 4.12. The first kappa shape index (κ1) is 17.7. The lowest BCUT2D eigenvalue weighted by molar-refractivity contribution is -0.136. The molecule has 1 N–H and O–H groups in total. The van der Waals surface area contributed by atoms with Crippen LogP contribution in [-0.2, 0) is 14.3 Å². The van der Waals surface area contributed by atoms with Crippen molar-refractivity contribution in [1.82, 2.24) is 5.32 Å². The summed E-state index contributed by atoms with van der Waals surface area (Å²) in [6, 6.07) is 5.62. The summed E-state index contributed by atoms with van der Waals surface area (Å²) in [4.78, 5) is 25.1. The molecule has 0 bridgehead atoms. The van der Waals surface area contributed by atoms with Crippen LogP contribution < -0.4 is 10.1 Å². The molecule has 0 aromatic heterocycles. The third-order valence-corrected chi connectivity index (χ3v) is 5.31. The van der Waals surface area contributed by atoms with Gasteiger partial charge in [-0.3, -0.25) is 4.79 Å². The van der Waals surface area contributed by atoms with Crippen molar-refractivity contribution in [3.05, 3.63) is 50.8 Å². The average molecular weight is 406 g/mol. The second-order valence-corrected chi connectivity index (χ2v) is 7.01. The number of allylic oxidation sites excluding steroid dienone is 3. The molecule has 132 valence electrons. The minimum Gasteiger partial charge on any atom is -0.496 e. The van der Waals surface area contributed by atoms with E-state index in [4.69, 9.17) is 9.47 Å². The van der Waals surface area contributed by atoms with Crippen molar-refractivity contribution in [2.45, 2.75) is 32.1 Å². The quantitative estimate of drug-likeness (QED) is 0.778. The van der Waals surface area contributed by atoms with E-state index in [2.05, 4.69) is 21.2 Å². The summed E-state index contributed by atoms with van der Waals surface area (Å²) in [6.07, 6.45) is 2.13. The Kier molecular flexibility index (Phi) is 4.99. The van der Waals surface area contributed by atoms with Crippen LogP contribution in [0.15, 0.2) is 45.2 Å². The molecule has 25 heavy (non-hydrogen) atoms. The van der Waals surface area contributed by atoms with Crippen LogP contribution in [0, 0.1) is 0 Å². The minimum atomic E-state index is -0.432. The van der Waals surface area contributed by atoms with E-state index in [9.17, 15) is 9.59 Å². The van der Waals surface area contributed by atoms with Crippen LogP contribution in [0.4, 0.5) is 0 Å². The normalized spacial score (nSPS) is 20.2. The largest absolute Gasteiger partial charge is 0.496 e. The van der Waals surface area contributed by atoms with Gasteiger partial charge in [0.2, 0.25) is 0 Å². The van der Waals surface area contributed by atoms with Gasteiger partial charge in [0.15, 0.2) is 5.78 Å². The Balaban J connectivity index is 2.19. The number of Topliss-reactive ketones (excluding diaryl/α,β-unsaturated/α-hetero) is 1. The van der Waals surface area contributed by atoms with Crippen molar-refractivity contribution in [3.63, 3.8) is 0 Å². The predicted molar refractivity (Wildman–Crippen MR) is 97.2 cm³/mol. The van der Waals surface area contributed by atoms with Crippen LogP contribution in [0.5, 0.6) is 5.75 Å². The number of carbonyl (C=O) groups excluding carboxylic acids is 2. The van der Waals surface area contributed by atoms with Crippen LogP contribution in [0.1, 0.15) is 37.7 Å². The van der Waals surface area contributed by atoms with Gasteiger partial charge in [0.1, 0.15) is 5.75 Å². The number of ketones is 1. The van der Waals surface area contributed by atoms with E-state index in [1.165, 1.54) is 7.11 Å². The first-order valence-electron chi connectivity index (χ1n) is 8.13. The molecule has 1 aliphatic carbocycles. The third kappa shape index (κ3) is 3.11. The van der Waals surface area contributed by atoms with E-state index in [-0.39, 0.29) is 5.78 Å². The summed E-state index contributed by atoms with van der Waals surface area (Å²) < 4.78 is 11.1. The Morgan fingerprint density at radius 2 is 2.04 bits per heavy atom. The molecule has 1 aromatic rings. The molecule has 6 heteroatoms. The fourth-order valence-electron chi connectivity index (χ4n) is 3.56. The number of halogens is 1. The zero-order valence-corrected chi connectivity index (χ0v) is 16.0. The maximum atomic E-state index is 12.7. The third-order valence-electron chi connectivity index (χ3n) is 4.69. The smallest absolute Gasteiger partial charge is 0.336 e. The first-order chi connectivity index (χ1) is 12.0. The number of carbonyl (C=O) groups is 2. The molecule has 1 aliphatic heterocycles. The molecule has 0 amide bonds. The molecule has 1 atom stereocenters. The van der Waals surface area contributed by atoms with Crippen LogP contribution in [-0.4, -0.2) is 26.0 Å². The highest BCUT2D eigenvalue weighted by atomic mass is 79.9. The van der Waals surface area contributed by atoms with Crippen LogP contribution in [0.3, 0.4) is 0 Å². The van der Waals surface area contributed by atoms with Crippen molar-refractivity contribution in [2.75, 3.05) is 14.2 Å². The standard InChI is InChI=1S/C19H20BrNO4/c1-10-16(19(23)25-3)17(11-7-8-15(24-2)12(20)9-11)18-13(21-10)5-4-6-14(18)22/h7-9,17,21H,4-6H2,1-3H3/t17-/m0/s1. The van der Waals surface area contributed by atoms with Crippen molar-refractivity contribution < 1.29 is 19.1 Å². The number of ether oxygens (including phenoxy) is 2. The SMILES string of the molecule is COC(=O)C1=C(C)NC2=C(C(=O)CCC2)[C@H]1c1ccc(OC)c(Br)c1. The van der Waals surface area contributed by atoms with Crippen LogP contribution in [0.25, 0.3) is 0 Å². The Morgan fingerprint density at radius 3 is 2.68 bits per heavy atom. The summed E-state index contributed by atoms with van der Waals surface area (Å²) in [6.45, 7) is 1.85. The van der Waals surface area contributed by atoms with E-state index < -0.39 is 11.9 Å². The van der Waals surface area contributed by atoms with Crippen molar-refractivity contribution >= 4 is 27.7 Å². The van der Waals surface area contributed by atoms with E-state index >= 15 is 0 Å². The predicted octanol–water partition coefficient (Wildman–Crippen LogP) is 3.60. The number of hydrogen-bond acceptors (Lipinski definition) is 5. The van der Waals surface area contributed by atoms with Gasteiger partial charge in [0.05, 0.1) is 24.3 Å². The summed E-state index contributed by atoms with van der Waals surface area (Å²) in [5.41, 5.74) is 3.66. The summed E-state index contributed by atoms with van der Waals surface area (Å²) in [5.74, 6) is -0.0765. The molecule has 0 fully saturated rings. The Hall–Kier alpha value is -2.08. The van der Waals surface area contributed by atoms with Crippen LogP contribution in [0.2, 0.25) is 0 Å². The molecule has 0 radical (unpaired) electrons. The summed E-state index contributed by atoms with van der Waals surface area (Å²) in [5, 5.41) is 3.25. The van der Waals surface area contributed by atoms with Gasteiger partial charge < -0.3 is 14.8 Å². The van der Waals surface area contributed by atoms with Gasteiger partial charge in [-0.1, -0.05) is 6.07 Å². The molecule has 3 rings (SSSR count). The van der Waals surface area contributed by atoms with Gasteiger partial charge in [0, 0.05) is 29.3 Å². The first-order valence-corrected chi connectivity index (χ1v) is 8.93. The lowest BCUT2D eigenvalue weighted by Gasteiger charge is -2.34. The summed E-state index contributed by atoms with van der Waals surface area (Å²) >= 11 is 3.49. The minimum absolute atomic E-state index is 0.0830. The second-order valence-electron chi connectivity index (χ2n) is 6.15. The van der Waals surface area contributed by atoms with Gasteiger partial charge in [-0.15, -0.1) is 0 Å². The molecule has 0 saturated carbocycles. The zero-order valence-electron chi connectivity index (χ0n) is 14.4. The number of rotatable bonds is 3. The molecule has 0 spiro atoms. The second kappa shape index (κ2) is 7.04. The molecule has 0 saturated heterocycles. The average Bonchev–Trinajstić information content (AvgIpc) is 2.60. The maximum Gasteiger partial charge on any atom is 0.336 e. The fraction of sp³-hybridized carbons (Fsp3) is 0.368. The van der Waals surface area contributed by atoms with Gasteiger partial charge in [-0.25, -0.2) is 4.79 Å². The summed E-state index contributed by atoms with van der Waals surface area (Å²) in [7, 11) is 2.95. The molecule has 1 heterocycles. The highest BCUT2D eigenvalue weighted by molar-refractivity contribution is 9.10. The Morgan fingerprint density at radius 1 is 1.28 bits per heavy atom. The molecular formula is C19H20BrNO4. The molecule has 5 nitrogen and oxygen atoms in total. The van der Waals surface area contributed by atoms with E-state index in [1.807, 2.05) is 25.1 Å². The lowest BCUT2D eigenvalue weighted by Crippen LogP contribution is -2.34. The lowest BCUT2D eigenvalue weighted by atomic mass is 9.75. The molecule has 2 aliphatic rings. The van der Waals surface area contributed by atoms with Gasteiger partial charge >= 0.3 is 5.97 Å². The number of esters is 1. The number of dihydropyridines is 1. The molecular weight excluding hydrogens is 386 g/mol. The number of nitrogens with one attached hydrogen (secondary N) is 1. The molecule has 1 aromatic carbocycles. The van der Waals surface area contributed by atoms with Gasteiger partial charge in [0.25, 0.3) is 0 Å². The number of methoxy groups -OCH3 is 2. The highest BCUT2D eigenvalue weighted by Crippen LogP contribution is 2.43. The van der Waals surface area contributed by atoms with Gasteiger partial charge in [-0.2, -0.15) is 0 Å². The topological polar surface area (TPSA) is 64.6 Å². The van der Waals surface area contributed by atoms with Crippen molar-refractivity contribution in [2.24, 2.45) is 0 Å². The highest BCUT2D eigenvalue weighted by Gasteiger charge is 2.39. The zero-order chi connectivity index (χ0) is 18.1. The number of hydrogen-bond donors (Lipinski definition) is 1. The van der Waals surface area contributed by atoms with Gasteiger partial charge in [-0.05, 0) is 53.4 Å². The monoisotopic (exact) mass is 405 g/mol. The van der Waals surface area contributed by atoms with Crippen molar-refractivity contribution in [3.8, 4) is 5.75 Å². The Bertz CT molecular complexity index is 810. The van der Waals surface area contributed by atoms with Crippen LogP contribution >= 0.6 is 15.9 Å². The van der Waals surface area contributed by atoms with E-state index in [0.29, 0.717) is 23.3 Å². The van der Waals surface area contributed by atoms with E-state index in [1.54, 1.807) is 7.11 Å².